The molecule has 0 fully saturated rings. The third-order valence-electron chi connectivity index (χ3n) is 3.78. The van der Waals surface area contributed by atoms with Crippen molar-refractivity contribution in [3.8, 4) is 11.4 Å². The van der Waals surface area contributed by atoms with Crippen molar-refractivity contribution in [2.75, 3.05) is 18.2 Å². The molecule has 0 spiro atoms. The average molecular weight is 437 g/mol. The molecule has 1 amide bonds. The van der Waals surface area contributed by atoms with Crippen LogP contribution in [0.2, 0.25) is 5.02 Å². The number of aryl methyl sites for hydroxylation is 1. The number of nitrogens with one attached hydrogen (secondary N) is 1. The molecule has 1 aromatic carbocycles. The number of amides is 1. The fourth-order valence-electron chi connectivity index (χ4n) is 2.45. The first-order chi connectivity index (χ1) is 13.4. The summed E-state index contributed by atoms with van der Waals surface area (Å²) in [5.41, 5.74) is 1.24. The standard InChI is InChI=1S/C18H17ClN4O3S2/c1-10-8-13(17(25)26-3)16(28-10)20-14(24)9-27-18-22-21-15(23(18)2)11-4-6-12(19)7-5-11/h4-8H,9H2,1-3H3,(H,20,24). The Labute approximate surface area is 175 Å². The van der Waals surface area contributed by atoms with Gasteiger partial charge in [-0.15, -0.1) is 21.5 Å². The number of anilines is 1. The Hall–Kier alpha value is -2.36. The smallest absolute Gasteiger partial charge is 0.340 e. The van der Waals surface area contributed by atoms with E-state index in [9.17, 15) is 9.59 Å². The molecule has 0 saturated heterocycles. The Kier molecular flexibility index (Phi) is 6.38. The molecule has 28 heavy (non-hydrogen) atoms. The van der Waals surface area contributed by atoms with Crippen LogP contribution in [0.3, 0.4) is 0 Å². The SMILES string of the molecule is COC(=O)c1cc(C)sc1NC(=O)CSc1nnc(-c2ccc(Cl)cc2)n1C. The van der Waals surface area contributed by atoms with Gasteiger partial charge in [-0.2, -0.15) is 0 Å². The van der Waals surface area contributed by atoms with Crippen molar-refractivity contribution >= 4 is 51.6 Å². The highest BCUT2D eigenvalue weighted by Gasteiger charge is 2.18. The van der Waals surface area contributed by atoms with Crippen molar-refractivity contribution in [2.24, 2.45) is 7.05 Å². The van der Waals surface area contributed by atoms with Gasteiger partial charge in [-0.1, -0.05) is 23.4 Å². The van der Waals surface area contributed by atoms with E-state index in [1.54, 1.807) is 18.2 Å². The van der Waals surface area contributed by atoms with Crippen molar-refractivity contribution in [2.45, 2.75) is 12.1 Å². The second-order valence-electron chi connectivity index (χ2n) is 5.80. The Morgan fingerprint density at radius 1 is 1.29 bits per heavy atom. The number of carbonyl (C=O) groups is 2. The van der Waals surface area contributed by atoms with E-state index < -0.39 is 5.97 Å². The van der Waals surface area contributed by atoms with Crippen LogP contribution >= 0.6 is 34.7 Å². The monoisotopic (exact) mass is 436 g/mol. The van der Waals surface area contributed by atoms with Crippen LogP contribution in [0.1, 0.15) is 15.2 Å². The van der Waals surface area contributed by atoms with E-state index in [4.69, 9.17) is 16.3 Å². The maximum Gasteiger partial charge on any atom is 0.340 e. The number of ether oxygens (including phenoxy) is 1. The maximum absolute atomic E-state index is 12.3. The first kappa shape index (κ1) is 20.4. The van der Waals surface area contributed by atoms with Gasteiger partial charge in [0.05, 0.1) is 18.4 Å². The van der Waals surface area contributed by atoms with Gasteiger partial charge in [-0.25, -0.2) is 4.79 Å². The lowest BCUT2D eigenvalue weighted by Gasteiger charge is -2.06. The summed E-state index contributed by atoms with van der Waals surface area (Å²) in [4.78, 5) is 25.1. The highest BCUT2D eigenvalue weighted by atomic mass is 35.5. The molecule has 7 nitrogen and oxygen atoms in total. The number of thioether (sulfide) groups is 1. The summed E-state index contributed by atoms with van der Waals surface area (Å²) in [6.07, 6.45) is 0. The van der Waals surface area contributed by atoms with Gasteiger partial charge >= 0.3 is 5.97 Å². The first-order valence-corrected chi connectivity index (χ1v) is 10.3. The highest BCUT2D eigenvalue weighted by molar-refractivity contribution is 7.99. The number of methoxy groups -OCH3 is 1. The molecule has 0 radical (unpaired) electrons. The minimum absolute atomic E-state index is 0.129. The van der Waals surface area contributed by atoms with Crippen molar-refractivity contribution in [1.82, 2.24) is 14.8 Å². The van der Waals surface area contributed by atoms with Gasteiger partial charge in [0, 0.05) is 22.5 Å². The summed E-state index contributed by atoms with van der Waals surface area (Å²) in [6, 6.07) is 8.99. The molecule has 0 saturated carbocycles. The quantitative estimate of drug-likeness (QED) is 0.464. The molecule has 10 heteroatoms. The Morgan fingerprint density at radius 2 is 2.00 bits per heavy atom. The number of rotatable bonds is 6. The highest BCUT2D eigenvalue weighted by Crippen LogP contribution is 2.29. The molecule has 3 aromatic rings. The van der Waals surface area contributed by atoms with Gasteiger partial charge in [0.15, 0.2) is 11.0 Å². The molecule has 2 heterocycles. The van der Waals surface area contributed by atoms with Gasteiger partial charge in [0.2, 0.25) is 5.91 Å². The Morgan fingerprint density at radius 3 is 2.68 bits per heavy atom. The second kappa shape index (κ2) is 8.76. The Bertz CT molecular complexity index is 1010. The Balaban J connectivity index is 1.66. The van der Waals surface area contributed by atoms with Crippen molar-refractivity contribution in [3.63, 3.8) is 0 Å². The maximum atomic E-state index is 12.3. The van der Waals surface area contributed by atoms with Gasteiger partial charge < -0.3 is 14.6 Å². The van der Waals surface area contributed by atoms with E-state index in [1.807, 2.05) is 30.7 Å². The van der Waals surface area contributed by atoms with Crippen LogP contribution in [0.4, 0.5) is 5.00 Å². The zero-order chi connectivity index (χ0) is 20.3. The largest absolute Gasteiger partial charge is 0.465 e. The predicted octanol–water partition coefficient (Wildman–Crippen LogP) is 4.02. The average Bonchev–Trinajstić information content (AvgIpc) is 3.22. The molecular weight excluding hydrogens is 420 g/mol. The van der Waals surface area contributed by atoms with Gasteiger partial charge in [0.1, 0.15) is 5.00 Å². The lowest BCUT2D eigenvalue weighted by atomic mass is 10.2. The number of esters is 1. The topological polar surface area (TPSA) is 86.1 Å². The zero-order valence-corrected chi connectivity index (χ0v) is 17.7. The predicted molar refractivity (Wildman–Crippen MR) is 111 cm³/mol. The van der Waals surface area contributed by atoms with E-state index in [1.165, 1.54) is 30.2 Å². The number of halogens is 1. The van der Waals surface area contributed by atoms with Crippen LogP contribution in [-0.4, -0.2) is 39.5 Å². The van der Waals surface area contributed by atoms with Gasteiger partial charge in [-0.3, -0.25) is 4.79 Å². The lowest BCUT2D eigenvalue weighted by Crippen LogP contribution is -2.16. The molecular formula is C18H17ClN4O3S2. The van der Waals surface area contributed by atoms with Crippen LogP contribution in [0, 0.1) is 6.92 Å². The summed E-state index contributed by atoms with van der Waals surface area (Å²) in [6.45, 7) is 1.86. The number of hydrogen-bond donors (Lipinski definition) is 1. The van der Waals surface area contributed by atoms with E-state index in [0.717, 1.165) is 10.4 Å². The van der Waals surface area contributed by atoms with Crippen molar-refractivity contribution in [3.05, 3.63) is 45.8 Å². The molecule has 0 aliphatic heterocycles. The van der Waals surface area contributed by atoms with E-state index in [0.29, 0.717) is 26.6 Å². The van der Waals surface area contributed by atoms with Crippen LogP contribution in [0.5, 0.6) is 0 Å². The van der Waals surface area contributed by atoms with Crippen LogP contribution in [-0.2, 0) is 16.6 Å². The van der Waals surface area contributed by atoms with E-state index in [2.05, 4.69) is 15.5 Å². The second-order valence-corrected chi connectivity index (χ2v) is 8.44. The number of benzene rings is 1. The number of aromatic nitrogens is 3. The summed E-state index contributed by atoms with van der Waals surface area (Å²) in [5, 5.41) is 12.8. The van der Waals surface area contributed by atoms with Crippen LogP contribution in [0.25, 0.3) is 11.4 Å². The minimum Gasteiger partial charge on any atom is -0.465 e. The third-order valence-corrected chi connectivity index (χ3v) is 6.02. The number of carbonyl (C=O) groups excluding carboxylic acids is 2. The number of thiophene rings is 1. The van der Waals surface area contributed by atoms with E-state index in [-0.39, 0.29) is 11.7 Å². The van der Waals surface area contributed by atoms with Gasteiger partial charge in [0.25, 0.3) is 0 Å². The summed E-state index contributed by atoms with van der Waals surface area (Å²) in [7, 11) is 3.14. The molecule has 146 valence electrons. The molecule has 1 N–H and O–H groups in total. The zero-order valence-electron chi connectivity index (χ0n) is 15.4. The molecule has 0 bridgehead atoms. The fourth-order valence-corrected chi connectivity index (χ4v) is 4.21. The lowest BCUT2D eigenvalue weighted by molar-refractivity contribution is -0.113. The molecule has 0 unspecified atom stereocenters. The van der Waals surface area contributed by atoms with E-state index >= 15 is 0 Å². The normalized spacial score (nSPS) is 10.7. The summed E-state index contributed by atoms with van der Waals surface area (Å²) in [5.74, 6) is 0.0899. The van der Waals surface area contributed by atoms with Crippen molar-refractivity contribution < 1.29 is 14.3 Å². The molecule has 0 atom stereocenters. The van der Waals surface area contributed by atoms with Crippen LogP contribution < -0.4 is 5.32 Å². The van der Waals surface area contributed by atoms with Crippen molar-refractivity contribution in [1.29, 1.82) is 0 Å². The first-order valence-electron chi connectivity index (χ1n) is 8.15. The molecule has 3 rings (SSSR count). The molecule has 0 aliphatic rings. The third kappa shape index (κ3) is 4.54. The number of hydrogen-bond acceptors (Lipinski definition) is 7. The molecule has 0 aliphatic carbocycles. The fraction of sp³-hybridized carbons (Fsp3) is 0.222. The van der Waals surface area contributed by atoms with Crippen LogP contribution in [0.15, 0.2) is 35.5 Å². The van der Waals surface area contributed by atoms with Gasteiger partial charge in [-0.05, 0) is 37.3 Å². The minimum atomic E-state index is -0.479. The summed E-state index contributed by atoms with van der Waals surface area (Å²) < 4.78 is 6.57. The molecule has 2 aromatic heterocycles. The number of nitrogens with zero attached hydrogens (tertiary/aromatic N) is 3. The summed E-state index contributed by atoms with van der Waals surface area (Å²) >= 11 is 8.50.